The Morgan fingerprint density at radius 2 is 0.933 bits per heavy atom. The minimum atomic E-state index is -2.99. The molecule has 234 valence electrons. The first-order chi connectivity index (χ1) is 20.9. The first kappa shape index (κ1) is 33.8. The molecule has 2 atom stereocenters. The second-order valence-electron chi connectivity index (χ2n) is 13.3. The summed E-state index contributed by atoms with van der Waals surface area (Å²) >= 11 is -2.99. The molecule has 0 N–H and O–H groups in total. The van der Waals surface area contributed by atoms with Crippen LogP contribution in [0.3, 0.4) is 0 Å². The van der Waals surface area contributed by atoms with Crippen LogP contribution in [0.2, 0.25) is 8.35 Å². The summed E-state index contributed by atoms with van der Waals surface area (Å²) in [5, 5.41) is 0. The van der Waals surface area contributed by atoms with Crippen molar-refractivity contribution < 1.29 is 29.4 Å². The molecule has 7 rings (SSSR count). The molecule has 1 aliphatic heterocycles. The predicted octanol–water partition coefficient (Wildman–Crippen LogP) is 11.8. The number of hydrogen-bond donors (Lipinski definition) is 0. The molecule has 1 fully saturated rings. The van der Waals surface area contributed by atoms with Gasteiger partial charge >= 0.3 is 263 Å². The van der Waals surface area contributed by atoms with Crippen molar-refractivity contribution in [2.75, 3.05) is 14.2 Å². The first-order valence-electron chi connectivity index (χ1n) is 15.8. The summed E-state index contributed by atoms with van der Waals surface area (Å²) in [7, 11) is 3.47. The van der Waals surface area contributed by atoms with Crippen LogP contribution in [-0.2, 0) is 20.0 Å². The van der Waals surface area contributed by atoms with Gasteiger partial charge in [0, 0.05) is 0 Å². The molecular formula is C40H44Cl2HfO2. The molecule has 4 aromatic rings. The van der Waals surface area contributed by atoms with Crippen LogP contribution < -0.4 is 9.47 Å². The summed E-state index contributed by atoms with van der Waals surface area (Å²) in [6.45, 7) is 9.69. The standard InChI is InChI=1S/2C19H19O.C2H4.2ClH.Hf/c2*1-13(2)16-11-15-5-4-6-18(19(15)12-16)14-7-9-17(20-3)10-8-14;1-2;;;/h2*4-13H,1-3H3;1-2H2;2*1H;. The predicted molar refractivity (Wildman–Crippen MR) is 192 cm³/mol. The molecule has 3 aliphatic rings. The molecule has 0 spiro atoms. The van der Waals surface area contributed by atoms with Gasteiger partial charge in [-0.15, -0.1) is 24.8 Å². The SMILES string of the molecule is COc1ccc(-c2cccc3c2C=C(C(C)C)[CH]3[Hf]2([CH]3C(C(C)C)=Cc4c(-c5ccc(OC)cc5)cccc43)[CH2][CH2]2)cc1.Cl.Cl. The van der Waals surface area contributed by atoms with Crippen LogP contribution in [0.1, 0.15) is 57.3 Å². The van der Waals surface area contributed by atoms with E-state index in [1.165, 1.54) is 41.7 Å². The maximum Gasteiger partial charge on any atom is -0.147 e. The van der Waals surface area contributed by atoms with Crippen LogP contribution in [0.25, 0.3) is 34.4 Å². The number of allylic oxidation sites excluding steroid dienone is 2. The Hall–Kier alpha value is -2.59. The van der Waals surface area contributed by atoms with Crippen molar-refractivity contribution in [1.82, 2.24) is 0 Å². The fraction of sp³-hybridized carbons (Fsp3) is 0.300. The van der Waals surface area contributed by atoms with Crippen molar-refractivity contribution in [2.45, 2.75) is 43.4 Å². The molecule has 0 bridgehead atoms. The number of hydrogen-bond acceptors (Lipinski definition) is 2. The van der Waals surface area contributed by atoms with Gasteiger partial charge in [0.15, 0.2) is 0 Å². The normalized spacial score (nSPS) is 18.8. The van der Waals surface area contributed by atoms with Gasteiger partial charge in [0.1, 0.15) is 0 Å². The summed E-state index contributed by atoms with van der Waals surface area (Å²) in [5.41, 5.74) is 14.8. The maximum absolute atomic E-state index is 5.46. The zero-order valence-electron chi connectivity index (χ0n) is 27.1. The van der Waals surface area contributed by atoms with Gasteiger partial charge in [-0.2, -0.15) is 0 Å². The third-order valence-electron chi connectivity index (χ3n) is 10.3. The molecule has 0 aromatic heterocycles. The van der Waals surface area contributed by atoms with E-state index in [4.69, 9.17) is 9.47 Å². The van der Waals surface area contributed by atoms with Crippen LogP contribution in [0.4, 0.5) is 0 Å². The fourth-order valence-corrected chi connectivity index (χ4v) is 37.0. The zero-order chi connectivity index (χ0) is 29.9. The quantitative estimate of drug-likeness (QED) is 0.165. The minimum Gasteiger partial charge on any atom is -0.147 e. The van der Waals surface area contributed by atoms with E-state index in [2.05, 4.69) is 125 Å². The van der Waals surface area contributed by atoms with Gasteiger partial charge < -0.3 is 0 Å². The number of ether oxygens (including phenoxy) is 2. The Balaban J connectivity index is 0.00000200. The van der Waals surface area contributed by atoms with Gasteiger partial charge in [-0.3, -0.25) is 0 Å². The third kappa shape index (κ3) is 5.68. The van der Waals surface area contributed by atoms with Crippen LogP contribution in [0, 0.1) is 11.8 Å². The molecule has 0 amide bonds. The summed E-state index contributed by atoms with van der Waals surface area (Å²) in [6, 6.07) is 31.4. The van der Waals surface area contributed by atoms with Crippen molar-refractivity contribution >= 4 is 37.0 Å². The number of halogens is 2. The van der Waals surface area contributed by atoms with Crippen molar-refractivity contribution in [1.29, 1.82) is 0 Å². The number of methoxy groups -OCH3 is 2. The van der Waals surface area contributed by atoms with E-state index >= 15 is 0 Å². The van der Waals surface area contributed by atoms with E-state index in [1.54, 1.807) is 36.5 Å². The zero-order valence-corrected chi connectivity index (χ0v) is 32.3. The Kier molecular flexibility index (Phi) is 9.95. The second kappa shape index (κ2) is 13.3. The smallest absolute Gasteiger partial charge is 0.147 e. The van der Waals surface area contributed by atoms with Gasteiger partial charge in [-0.05, 0) is 0 Å². The first-order valence-corrected chi connectivity index (χ1v) is 25.1. The van der Waals surface area contributed by atoms with Crippen LogP contribution in [-0.4, -0.2) is 14.2 Å². The molecule has 5 heteroatoms. The van der Waals surface area contributed by atoms with Gasteiger partial charge in [0.05, 0.1) is 0 Å². The van der Waals surface area contributed by atoms with E-state index in [1.807, 2.05) is 0 Å². The van der Waals surface area contributed by atoms with E-state index in [-0.39, 0.29) is 24.8 Å². The average molecular weight is 806 g/mol. The molecule has 0 saturated carbocycles. The van der Waals surface area contributed by atoms with Crippen molar-refractivity contribution in [2.24, 2.45) is 11.8 Å². The molecule has 45 heavy (non-hydrogen) atoms. The van der Waals surface area contributed by atoms with E-state index in [0.717, 1.165) is 11.5 Å². The van der Waals surface area contributed by atoms with Gasteiger partial charge in [0.2, 0.25) is 0 Å². The molecule has 0 radical (unpaired) electrons. The van der Waals surface area contributed by atoms with Crippen LogP contribution >= 0.6 is 24.8 Å². The van der Waals surface area contributed by atoms with E-state index in [0.29, 0.717) is 19.2 Å². The Bertz CT molecular complexity index is 1620. The molecule has 2 nitrogen and oxygen atoms in total. The van der Waals surface area contributed by atoms with E-state index < -0.39 is 20.0 Å². The Morgan fingerprint density at radius 1 is 0.556 bits per heavy atom. The number of fused-ring (bicyclic) bond motifs is 2. The topological polar surface area (TPSA) is 18.5 Å². The third-order valence-corrected chi connectivity index (χ3v) is 29.1. The molecular weight excluding hydrogens is 762 g/mol. The van der Waals surface area contributed by atoms with Crippen LogP contribution in [0.5, 0.6) is 11.5 Å². The average Bonchev–Trinajstić information content (AvgIpc) is 3.54. The Labute approximate surface area is 286 Å². The summed E-state index contributed by atoms with van der Waals surface area (Å²) in [4.78, 5) is 0. The van der Waals surface area contributed by atoms with Crippen molar-refractivity contribution in [3.8, 4) is 33.8 Å². The monoisotopic (exact) mass is 806 g/mol. The maximum atomic E-state index is 5.46. The largest absolute Gasteiger partial charge is 0.147 e. The molecule has 1 heterocycles. The second-order valence-corrected chi connectivity index (χ2v) is 29.9. The van der Waals surface area contributed by atoms with Crippen molar-refractivity contribution in [3.05, 3.63) is 118 Å². The molecule has 2 unspecified atom stereocenters. The fourth-order valence-electron chi connectivity index (χ4n) is 8.07. The van der Waals surface area contributed by atoms with Gasteiger partial charge in [0.25, 0.3) is 0 Å². The van der Waals surface area contributed by atoms with Gasteiger partial charge in [-0.25, -0.2) is 0 Å². The number of rotatable bonds is 8. The minimum absolute atomic E-state index is 0. The molecule has 4 aromatic carbocycles. The van der Waals surface area contributed by atoms with Crippen LogP contribution in [0.15, 0.2) is 96.1 Å². The summed E-state index contributed by atoms with van der Waals surface area (Å²) < 4.78 is 15.2. The number of benzene rings is 4. The molecule has 1 saturated heterocycles. The summed E-state index contributed by atoms with van der Waals surface area (Å²) in [6.07, 6.45) is 5.21. The van der Waals surface area contributed by atoms with E-state index in [9.17, 15) is 0 Å². The van der Waals surface area contributed by atoms with Gasteiger partial charge in [-0.1, -0.05) is 0 Å². The van der Waals surface area contributed by atoms with Crippen molar-refractivity contribution in [3.63, 3.8) is 0 Å². The molecule has 2 aliphatic carbocycles. The Morgan fingerprint density at radius 3 is 1.24 bits per heavy atom. The summed E-state index contributed by atoms with van der Waals surface area (Å²) in [5.74, 6) is 2.89.